The van der Waals surface area contributed by atoms with Gasteiger partial charge in [0.15, 0.2) is 0 Å². The highest BCUT2D eigenvalue weighted by Crippen LogP contribution is 2.18. The largest absolute Gasteiger partial charge is 0.395 e. The first-order chi connectivity index (χ1) is 13.7. The molecule has 6 nitrogen and oxygen atoms in total. The van der Waals surface area contributed by atoms with Gasteiger partial charge >= 0.3 is 0 Å². The lowest BCUT2D eigenvalue weighted by atomic mass is 10.1. The number of hydrogen-bond acceptors (Lipinski definition) is 4. The number of aliphatic hydroxyl groups excluding tert-OH is 1. The van der Waals surface area contributed by atoms with E-state index in [1.807, 2.05) is 30.5 Å². The molecular formula is C22H25N3O3. The molecule has 4 N–H and O–H groups in total. The smallest absolute Gasteiger partial charge is 0.267 e. The number of rotatable bonds is 9. The molecule has 28 heavy (non-hydrogen) atoms. The quantitative estimate of drug-likeness (QED) is 0.261. The molecule has 0 saturated heterocycles. The predicted octanol–water partition coefficient (Wildman–Crippen LogP) is 2.72. The minimum Gasteiger partial charge on any atom is -0.395 e. The monoisotopic (exact) mass is 379 g/mol. The molecule has 6 heteroatoms. The summed E-state index contributed by atoms with van der Waals surface area (Å²) in [5, 5.41) is 19.2. The third kappa shape index (κ3) is 5.29. The topological polar surface area (TPSA) is 88.6 Å². The van der Waals surface area contributed by atoms with Gasteiger partial charge in [-0.15, -0.1) is 0 Å². The van der Waals surface area contributed by atoms with Crippen LogP contribution in [-0.4, -0.2) is 45.8 Å². The fourth-order valence-corrected chi connectivity index (χ4v) is 3.26. The zero-order chi connectivity index (χ0) is 19.8. The molecule has 0 unspecified atom stereocenters. The van der Waals surface area contributed by atoms with Gasteiger partial charge in [0.05, 0.1) is 6.61 Å². The Hall–Kier alpha value is -2.93. The number of fused-ring (bicyclic) bond motifs is 1. The SMILES string of the molecule is O=C(/C=C/c1ccc(CN(CCO)CCc2cccc3[nH]ccc23)cc1)NO. The summed E-state index contributed by atoms with van der Waals surface area (Å²) in [5.41, 5.74) is 6.02. The van der Waals surface area contributed by atoms with Crippen LogP contribution >= 0.6 is 0 Å². The Bertz CT molecular complexity index is 932. The van der Waals surface area contributed by atoms with Crippen LogP contribution in [0.3, 0.4) is 0 Å². The second kappa shape index (κ2) is 9.85. The molecule has 1 amide bonds. The lowest BCUT2D eigenvalue weighted by Crippen LogP contribution is -2.28. The summed E-state index contributed by atoms with van der Waals surface area (Å²) >= 11 is 0. The standard InChI is InChI=1S/C22H25N3O3/c26-15-14-25(13-11-19-2-1-3-21-20(19)10-12-23-21)16-18-6-4-17(5-7-18)8-9-22(27)24-28/h1-10,12,23,26,28H,11,13-16H2,(H,24,27)/b9-8+. The van der Waals surface area contributed by atoms with Gasteiger partial charge in [-0.1, -0.05) is 36.4 Å². The molecule has 0 saturated carbocycles. The van der Waals surface area contributed by atoms with E-state index in [4.69, 9.17) is 5.21 Å². The van der Waals surface area contributed by atoms with Gasteiger partial charge < -0.3 is 10.1 Å². The Morgan fingerprint density at radius 2 is 1.93 bits per heavy atom. The number of nitrogens with zero attached hydrogens (tertiary/aromatic N) is 1. The van der Waals surface area contributed by atoms with Crippen LogP contribution in [0.25, 0.3) is 17.0 Å². The number of aromatic nitrogens is 1. The van der Waals surface area contributed by atoms with E-state index in [1.165, 1.54) is 17.0 Å². The van der Waals surface area contributed by atoms with Gasteiger partial charge in [-0.2, -0.15) is 0 Å². The number of hydroxylamine groups is 1. The molecule has 0 atom stereocenters. The van der Waals surface area contributed by atoms with Crippen LogP contribution in [0.2, 0.25) is 0 Å². The van der Waals surface area contributed by atoms with Crippen molar-refractivity contribution >= 4 is 22.9 Å². The predicted molar refractivity (Wildman–Crippen MR) is 110 cm³/mol. The summed E-state index contributed by atoms with van der Waals surface area (Å²) in [7, 11) is 0. The Morgan fingerprint density at radius 1 is 1.11 bits per heavy atom. The lowest BCUT2D eigenvalue weighted by molar-refractivity contribution is -0.124. The minimum absolute atomic E-state index is 0.117. The van der Waals surface area contributed by atoms with Crippen LogP contribution < -0.4 is 5.48 Å². The third-order valence-electron chi connectivity index (χ3n) is 4.72. The van der Waals surface area contributed by atoms with Gasteiger partial charge in [-0.25, -0.2) is 5.48 Å². The van der Waals surface area contributed by atoms with E-state index < -0.39 is 5.91 Å². The first-order valence-corrected chi connectivity index (χ1v) is 9.29. The molecule has 146 valence electrons. The van der Waals surface area contributed by atoms with Crippen molar-refractivity contribution in [2.45, 2.75) is 13.0 Å². The molecule has 0 aliphatic heterocycles. The van der Waals surface area contributed by atoms with Crippen LogP contribution in [0.15, 0.2) is 60.8 Å². The second-order valence-corrected chi connectivity index (χ2v) is 6.66. The average Bonchev–Trinajstić information content (AvgIpc) is 3.21. The number of benzene rings is 2. The van der Waals surface area contributed by atoms with Crippen molar-refractivity contribution < 1.29 is 15.1 Å². The molecule has 1 heterocycles. The van der Waals surface area contributed by atoms with E-state index >= 15 is 0 Å². The number of nitrogens with one attached hydrogen (secondary N) is 2. The highest BCUT2D eigenvalue weighted by molar-refractivity contribution is 5.90. The van der Waals surface area contributed by atoms with Gasteiger partial charge in [0.2, 0.25) is 0 Å². The maximum Gasteiger partial charge on any atom is 0.267 e. The van der Waals surface area contributed by atoms with Crippen molar-refractivity contribution in [2.24, 2.45) is 0 Å². The highest BCUT2D eigenvalue weighted by Gasteiger charge is 2.08. The Morgan fingerprint density at radius 3 is 2.68 bits per heavy atom. The number of carbonyl (C=O) groups is 1. The fourth-order valence-electron chi connectivity index (χ4n) is 3.26. The normalized spacial score (nSPS) is 11.5. The van der Waals surface area contributed by atoms with E-state index in [1.54, 1.807) is 11.6 Å². The minimum atomic E-state index is -0.560. The molecule has 0 aliphatic rings. The zero-order valence-electron chi connectivity index (χ0n) is 15.6. The molecule has 3 rings (SSSR count). The van der Waals surface area contributed by atoms with E-state index in [0.717, 1.165) is 36.2 Å². The van der Waals surface area contributed by atoms with Crippen molar-refractivity contribution in [3.63, 3.8) is 0 Å². The number of hydrogen-bond donors (Lipinski definition) is 4. The van der Waals surface area contributed by atoms with Crippen molar-refractivity contribution in [3.8, 4) is 0 Å². The first kappa shape index (κ1) is 19.8. The molecule has 2 aromatic carbocycles. The van der Waals surface area contributed by atoms with E-state index in [0.29, 0.717) is 6.54 Å². The Balaban J connectivity index is 1.62. The Labute approximate surface area is 164 Å². The molecule has 0 aliphatic carbocycles. The van der Waals surface area contributed by atoms with E-state index in [2.05, 4.69) is 34.1 Å². The van der Waals surface area contributed by atoms with Crippen molar-refractivity contribution in [3.05, 3.63) is 77.5 Å². The summed E-state index contributed by atoms with van der Waals surface area (Å²) in [4.78, 5) is 16.5. The maximum absolute atomic E-state index is 11.0. The number of amides is 1. The molecule has 0 spiro atoms. The third-order valence-corrected chi connectivity index (χ3v) is 4.72. The molecule has 0 radical (unpaired) electrons. The van der Waals surface area contributed by atoms with Gasteiger partial charge in [-0.3, -0.25) is 14.9 Å². The number of aromatic amines is 1. The Kier molecular flexibility index (Phi) is 6.97. The van der Waals surface area contributed by atoms with E-state index in [-0.39, 0.29) is 6.61 Å². The van der Waals surface area contributed by atoms with Crippen molar-refractivity contribution in [2.75, 3.05) is 19.7 Å². The fraction of sp³-hybridized carbons (Fsp3) is 0.227. The van der Waals surface area contributed by atoms with Crippen LogP contribution in [0, 0.1) is 0 Å². The molecule has 3 aromatic rings. The summed E-state index contributed by atoms with van der Waals surface area (Å²) in [6, 6.07) is 16.3. The van der Waals surface area contributed by atoms with Gasteiger partial charge in [-0.05, 0) is 41.3 Å². The summed E-state index contributed by atoms with van der Waals surface area (Å²) < 4.78 is 0. The molecule has 0 bridgehead atoms. The van der Waals surface area contributed by atoms with Crippen LogP contribution in [0.1, 0.15) is 16.7 Å². The highest BCUT2D eigenvalue weighted by atomic mass is 16.5. The van der Waals surface area contributed by atoms with E-state index in [9.17, 15) is 9.90 Å². The number of aliphatic hydroxyl groups is 1. The summed E-state index contributed by atoms with van der Waals surface area (Å²) in [6.45, 7) is 2.32. The average molecular weight is 379 g/mol. The molecular weight excluding hydrogens is 354 g/mol. The van der Waals surface area contributed by atoms with Crippen LogP contribution in [0.5, 0.6) is 0 Å². The molecule has 0 fully saturated rings. The lowest BCUT2D eigenvalue weighted by Gasteiger charge is -2.21. The second-order valence-electron chi connectivity index (χ2n) is 6.66. The number of carbonyl (C=O) groups excluding carboxylic acids is 1. The van der Waals surface area contributed by atoms with Gasteiger partial charge in [0.1, 0.15) is 0 Å². The zero-order valence-corrected chi connectivity index (χ0v) is 15.6. The van der Waals surface area contributed by atoms with Crippen LogP contribution in [-0.2, 0) is 17.8 Å². The van der Waals surface area contributed by atoms with Crippen LogP contribution in [0.4, 0.5) is 0 Å². The maximum atomic E-state index is 11.0. The van der Waals surface area contributed by atoms with Gasteiger partial charge in [0, 0.05) is 42.8 Å². The first-order valence-electron chi connectivity index (χ1n) is 9.29. The van der Waals surface area contributed by atoms with Crippen molar-refractivity contribution in [1.82, 2.24) is 15.4 Å². The molecule has 1 aromatic heterocycles. The summed E-state index contributed by atoms with van der Waals surface area (Å²) in [6.07, 6.45) is 5.78. The number of H-pyrrole nitrogens is 1. The van der Waals surface area contributed by atoms with Crippen molar-refractivity contribution in [1.29, 1.82) is 0 Å². The summed E-state index contributed by atoms with van der Waals surface area (Å²) in [5.74, 6) is -0.560. The van der Waals surface area contributed by atoms with Gasteiger partial charge in [0.25, 0.3) is 5.91 Å².